The molecule has 0 radical (unpaired) electrons. The first-order valence-electron chi connectivity index (χ1n) is 15.1. The maximum absolute atomic E-state index is 16.7. The van der Waals surface area contributed by atoms with Crippen molar-refractivity contribution in [3.63, 3.8) is 0 Å². The van der Waals surface area contributed by atoms with Gasteiger partial charge in [-0.25, -0.2) is 13.2 Å². The van der Waals surface area contributed by atoms with Gasteiger partial charge < -0.3 is 14.7 Å². The molecule has 2 aromatic heterocycles. The number of β-amino-alcohol motifs (C(OH)–C–C–N with tert-alkyl or cyclic N) is 1. The predicted molar refractivity (Wildman–Crippen MR) is 163 cm³/mol. The SMILES string of the molecule is C#Cc1c(F)ccc2cccc(-c3ncc4c(N5CCCC(O)(CC#N)C5)nc(OC[C@@]56CCCN5C[C@H](F)C6)nc4c3F)c12. The lowest BCUT2D eigenvalue weighted by molar-refractivity contribution is 0.0303. The highest BCUT2D eigenvalue weighted by Crippen LogP contribution is 2.41. The van der Waals surface area contributed by atoms with Gasteiger partial charge in [-0.3, -0.25) is 9.88 Å². The number of anilines is 1. The fourth-order valence-corrected chi connectivity index (χ4v) is 7.44. The van der Waals surface area contributed by atoms with E-state index in [0.717, 1.165) is 19.4 Å². The van der Waals surface area contributed by atoms with Crippen molar-refractivity contribution < 1.29 is 23.0 Å². The fraction of sp³-hybridized carbons (Fsp3) is 0.412. The molecule has 11 heteroatoms. The van der Waals surface area contributed by atoms with E-state index >= 15 is 4.39 Å². The molecule has 3 aliphatic rings. The second-order valence-electron chi connectivity index (χ2n) is 12.4. The van der Waals surface area contributed by atoms with Crippen LogP contribution in [0.3, 0.4) is 0 Å². The molecule has 230 valence electrons. The Kier molecular flexibility index (Phi) is 7.26. The number of alkyl halides is 1. The van der Waals surface area contributed by atoms with Crippen LogP contribution >= 0.6 is 0 Å². The maximum atomic E-state index is 16.7. The molecule has 45 heavy (non-hydrogen) atoms. The molecule has 0 aliphatic carbocycles. The summed E-state index contributed by atoms with van der Waals surface area (Å²) in [4.78, 5) is 17.6. The summed E-state index contributed by atoms with van der Waals surface area (Å²) in [6.07, 6.45) is 9.20. The molecule has 0 spiro atoms. The van der Waals surface area contributed by atoms with Crippen molar-refractivity contribution >= 4 is 27.5 Å². The number of hydrogen-bond acceptors (Lipinski definition) is 8. The highest BCUT2D eigenvalue weighted by atomic mass is 19.1. The zero-order valence-electron chi connectivity index (χ0n) is 24.6. The molecule has 5 heterocycles. The smallest absolute Gasteiger partial charge is 0.319 e. The molecule has 7 rings (SSSR count). The third-order valence-electron chi connectivity index (χ3n) is 9.53. The van der Waals surface area contributed by atoms with Crippen LogP contribution in [0.1, 0.15) is 44.1 Å². The Bertz CT molecular complexity index is 1910. The molecular formula is C34H31F3N6O2. The summed E-state index contributed by atoms with van der Waals surface area (Å²) in [6.45, 7) is 1.88. The van der Waals surface area contributed by atoms with E-state index in [0.29, 0.717) is 59.9 Å². The van der Waals surface area contributed by atoms with E-state index in [1.54, 1.807) is 29.2 Å². The minimum absolute atomic E-state index is 0.00463. The number of pyridine rings is 1. The van der Waals surface area contributed by atoms with E-state index in [2.05, 4.69) is 31.8 Å². The second-order valence-corrected chi connectivity index (χ2v) is 12.4. The summed E-state index contributed by atoms with van der Waals surface area (Å²) >= 11 is 0. The van der Waals surface area contributed by atoms with Gasteiger partial charge in [-0.1, -0.05) is 30.2 Å². The van der Waals surface area contributed by atoms with Gasteiger partial charge in [-0.15, -0.1) is 6.42 Å². The van der Waals surface area contributed by atoms with Gasteiger partial charge in [-0.2, -0.15) is 15.2 Å². The van der Waals surface area contributed by atoms with Gasteiger partial charge in [0.1, 0.15) is 35.6 Å². The average Bonchev–Trinajstić information content (AvgIpc) is 3.55. The molecule has 0 saturated carbocycles. The Morgan fingerprint density at radius 1 is 1.13 bits per heavy atom. The predicted octanol–water partition coefficient (Wildman–Crippen LogP) is 5.30. The van der Waals surface area contributed by atoms with Gasteiger partial charge in [0.25, 0.3) is 0 Å². The first kappa shape index (κ1) is 29.3. The third-order valence-corrected chi connectivity index (χ3v) is 9.53. The molecule has 3 saturated heterocycles. The average molecular weight is 613 g/mol. The molecule has 3 fully saturated rings. The normalized spacial score (nSPS) is 24.9. The monoisotopic (exact) mass is 612 g/mol. The van der Waals surface area contributed by atoms with Crippen LogP contribution in [0.5, 0.6) is 6.01 Å². The number of benzene rings is 2. The zero-order chi connectivity index (χ0) is 31.3. The Labute approximate surface area is 258 Å². The number of rotatable bonds is 6. The molecular weight excluding hydrogens is 581 g/mol. The fourth-order valence-electron chi connectivity index (χ4n) is 7.44. The summed E-state index contributed by atoms with van der Waals surface area (Å²) in [5, 5.41) is 21.7. The number of terminal acetylenes is 1. The standard InChI is InChI=1S/C34H31F3N6O2/c1-2-23-26(36)9-8-21-6-3-7-24(27(21)23)29-28(37)30-25(17-39-29)31(42-14-5-11-34(44,19-42)12-13-38)41-32(40-30)45-20-33-10-4-15-43(33)18-22(35)16-33/h1,3,6-9,17,22,44H,4-5,10-12,14-16,18-20H2/t22-,33+,34?/m1/s1. The lowest BCUT2D eigenvalue weighted by Crippen LogP contribution is -2.48. The molecule has 4 aromatic rings. The summed E-state index contributed by atoms with van der Waals surface area (Å²) in [5.74, 6) is 1.34. The van der Waals surface area contributed by atoms with E-state index in [1.165, 1.54) is 12.3 Å². The Balaban J connectivity index is 1.37. The van der Waals surface area contributed by atoms with Crippen molar-refractivity contribution in [2.75, 3.05) is 37.7 Å². The number of nitrogens with zero attached hydrogens (tertiary/aromatic N) is 6. The van der Waals surface area contributed by atoms with E-state index < -0.39 is 28.9 Å². The maximum Gasteiger partial charge on any atom is 0.319 e. The quantitative estimate of drug-likeness (QED) is 0.293. The third kappa shape index (κ3) is 5.01. The van der Waals surface area contributed by atoms with Crippen LogP contribution in [0.2, 0.25) is 0 Å². The van der Waals surface area contributed by atoms with Crippen molar-refractivity contribution in [3.8, 4) is 35.7 Å². The molecule has 3 atom stereocenters. The van der Waals surface area contributed by atoms with E-state index in [-0.39, 0.29) is 42.4 Å². The Morgan fingerprint density at radius 3 is 2.80 bits per heavy atom. The first-order chi connectivity index (χ1) is 21.7. The second kappa shape index (κ2) is 11.2. The summed E-state index contributed by atoms with van der Waals surface area (Å²) in [7, 11) is 0. The summed E-state index contributed by atoms with van der Waals surface area (Å²) in [6, 6.07) is 9.94. The van der Waals surface area contributed by atoms with Gasteiger partial charge >= 0.3 is 6.01 Å². The molecule has 2 aromatic carbocycles. The number of hydrogen-bond donors (Lipinski definition) is 1. The minimum atomic E-state index is -1.26. The number of ether oxygens (including phenoxy) is 1. The van der Waals surface area contributed by atoms with Gasteiger partial charge in [0.15, 0.2) is 5.82 Å². The first-order valence-corrected chi connectivity index (χ1v) is 15.1. The van der Waals surface area contributed by atoms with Gasteiger partial charge in [0, 0.05) is 43.2 Å². The molecule has 3 aliphatic heterocycles. The lowest BCUT2D eigenvalue weighted by atomic mass is 9.90. The summed E-state index contributed by atoms with van der Waals surface area (Å²) < 4.78 is 52.1. The van der Waals surface area contributed by atoms with E-state index in [1.807, 2.05) is 0 Å². The minimum Gasteiger partial charge on any atom is -0.461 e. The molecule has 1 unspecified atom stereocenters. The number of halogens is 3. The van der Waals surface area contributed by atoms with Crippen molar-refractivity contribution in [2.24, 2.45) is 0 Å². The van der Waals surface area contributed by atoms with Gasteiger partial charge in [0.2, 0.25) is 0 Å². The van der Waals surface area contributed by atoms with Crippen molar-refractivity contribution in [2.45, 2.75) is 55.8 Å². The van der Waals surface area contributed by atoms with Crippen LogP contribution < -0.4 is 9.64 Å². The van der Waals surface area contributed by atoms with Crippen LogP contribution in [-0.2, 0) is 0 Å². The van der Waals surface area contributed by atoms with Crippen molar-refractivity contribution in [1.82, 2.24) is 19.9 Å². The highest BCUT2D eigenvalue weighted by molar-refractivity contribution is 6.02. The Hall–Kier alpha value is -4.45. The highest BCUT2D eigenvalue weighted by Gasteiger charge is 2.49. The van der Waals surface area contributed by atoms with Crippen LogP contribution in [-0.4, -0.2) is 75.1 Å². The van der Waals surface area contributed by atoms with Crippen LogP contribution in [0.4, 0.5) is 19.0 Å². The number of nitriles is 1. The molecule has 0 amide bonds. The number of piperidine rings is 1. The number of aliphatic hydroxyl groups is 1. The number of aromatic nitrogens is 3. The van der Waals surface area contributed by atoms with Crippen LogP contribution in [0.25, 0.3) is 32.9 Å². The molecule has 8 nitrogen and oxygen atoms in total. The van der Waals surface area contributed by atoms with Crippen LogP contribution in [0, 0.1) is 35.3 Å². The molecule has 1 N–H and O–H groups in total. The topological polar surface area (TPSA) is 98.4 Å². The summed E-state index contributed by atoms with van der Waals surface area (Å²) in [5.41, 5.74) is -1.56. The number of fused-ring (bicyclic) bond motifs is 3. The van der Waals surface area contributed by atoms with Crippen molar-refractivity contribution in [1.29, 1.82) is 5.26 Å². The van der Waals surface area contributed by atoms with Gasteiger partial charge in [-0.05, 0) is 43.7 Å². The Morgan fingerprint density at radius 2 is 1.98 bits per heavy atom. The van der Waals surface area contributed by atoms with E-state index in [4.69, 9.17) is 11.2 Å². The van der Waals surface area contributed by atoms with E-state index in [9.17, 15) is 19.1 Å². The lowest BCUT2D eigenvalue weighted by Gasteiger charge is -2.39. The van der Waals surface area contributed by atoms with Crippen LogP contribution in [0.15, 0.2) is 36.5 Å². The zero-order valence-corrected chi connectivity index (χ0v) is 24.6. The molecule has 0 bridgehead atoms. The van der Waals surface area contributed by atoms with Crippen molar-refractivity contribution in [3.05, 3.63) is 53.7 Å². The van der Waals surface area contributed by atoms with Gasteiger partial charge in [0.05, 0.1) is 34.6 Å². The largest absolute Gasteiger partial charge is 0.461 e.